The van der Waals surface area contributed by atoms with E-state index >= 15 is 0 Å². The molecule has 0 unspecified atom stereocenters. The predicted octanol–water partition coefficient (Wildman–Crippen LogP) is 2.84. The maximum Gasteiger partial charge on any atom is 0.275 e. The van der Waals surface area contributed by atoms with Gasteiger partial charge in [-0.1, -0.05) is 15.9 Å². The number of phenolic OH excluding ortho intramolecular Hbond substituents is 1. The summed E-state index contributed by atoms with van der Waals surface area (Å²) in [7, 11) is 1.43. The normalized spacial score (nSPS) is 10.6. The van der Waals surface area contributed by atoms with Gasteiger partial charge >= 0.3 is 0 Å². The number of benzene rings is 2. The third-order valence-corrected chi connectivity index (χ3v) is 3.49. The molecule has 1 amide bonds. The van der Waals surface area contributed by atoms with Crippen LogP contribution in [0.5, 0.6) is 11.5 Å². The molecule has 0 aliphatic heterocycles. The lowest BCUT2D eigenvalue weighted by molar-refractivity contribution is -0.384. The smallest absolute Gasteiger partial charge is 0.275 e. The number of ether oxygens (including phenoxy) is 1. The molecule has 0 saturated heterocycles. The quantitative estimate of drug-likeness (QED) is 0.460. The minimum Gasteiger partial charge on any atom is -0.507 e. The van der Waals surface area contributed by atoms with Crippen molar-refractivity contribution in [3.8, 4) is 11.5 Å². The molecule has 0 saturated carbocycles. The number of phenols is 1. The predicted molar refractivity (Wildman–Crippen MR) is 90.5 cm³/mol. The summed E-state index contributed by atoms with van der Waals surface area (Å²) < 4.78 is 5.87. The van der Waals surface area contributed by atoms with Crippen LogP contribution in [0.15, 0.2) is 46.0 Å². The standard InChI is InChI=1S/C15H12BrN3O5/c1-24-14-7-10(16)2-4-12(14)15(21)18-17-8-9-6-11(19(22)23)3-5-13(9)20/h2-8,20H,1H3,(H,18,21)/b17-8-. The second-order valence-electron chi connectivity index (χ2n) is 4.54. The van der Waals surface area contributed by atoms with Gasteiger partial charge in [0.2, 0.25) is 0 Å². The Kier molecular flexibility index (Phi) is 5.48. The van der Waals surface area contributed by atoms with E-state index in [2.05, 4.69) is 26.5 Å². The molecule has 2 aromatic carbocycles. The number of halogens is 1. The highest BCUT2D eigenvalue weighted by Crippen LogP contribution is 2.23. The molecule has 0 fully saturated rings. The van der Waals surface area contributed by atoms with Gasteiger partial charge in [-0.2, -0.15) is 5.10 Å². The van der Waals surface area contributed by atoms with E-state index in [-0.39, 0.29) is 22.6 Å². The van der Waals surface area contributed by atoms with Crippen molar-refractivity contribution in [3.05, 3.63) is 62.1 Å². The molecule has 0 atom stereocenters. The van der Waals surface area contributed by atoms with Gasteiger partial charge in [0.15, 0.2) is 0 Å². The first-order chi connectivity index (χ1) is 11.4. The van der Waals surface area contributed by atoms with Gasteiger partial charge < -0.3 is 9.84 Å². The van der Waals surface area contributed by atoms with Crippen LogP contribution in [-0.4, -0.2) is 29.3 Å². The summed E-state index contributed by atoms with van der Waals surface area (Å²) in [5, 5.41) is 24.1. The molecular formula is C15H12BrN3O5. The zero-order chi connectivity index (χ0) is 17.7. The Labute approximate surface area is 145 Å². The van der Waals surface area contributed by atoms with Crippen LogP contribution in [0, 0.1) is 10.1 Å². The van der Waals surface area contributed by atoms with Crippen LogP contribution in [0.1, 0.15) is 15.9 Å². The van der Waals surface area contributed by atoms with Crippen molar-refractivity contribution in [2.45, 2.75) is 0 Å². The molecule has 0 aliphatic carbocycles. The average Bonchev–Trinajstić information content (AvgIpc) is 2.55. The highest BCUT2D eigenvalue weighted by molar-refractivity contribution is 9.10. The minimum absolute atomic E-state index is 0.104. The summed E-state index contributed by atoms with van der Waals surface area (Å²) in [6, 6.07) is 8.35. The fraction of sp³-hybridized carbons (Fsp3) is 0.0667. The van der Waals surface area contributed by atoms with E-state index in [9.17, 15) is 20.0 Å². The number of nitrogens with zero attached hydrogens (tertiary/aromatic N) is 2. The number of rotatable bonds is 5. The van der Waals surface area contributed by atoms with Crippen molar-refractivity contribution in [1.82, 2.24) is 5.43 Å². The number of hydrogen-bond acceptors (Lipinski definition) is 6. The number of nitro benzene ring substituents is 1. The maximum atomic E-state index is 12.1. The van der Waals surface area contributed by atoms with Crippen molar-refractivity contribution < 1.29 is 19.6 Å². The second kappa shape index (κ2) is 7.55. The van der Waals surface area contributed by atoms with E-state index < -0.39 is 10.8 Å². The van der Waals surface area contributed by atoms with E-state index in [0.29, 0.717) is 5.75 Å². The Balaban J connectivity index is 2.16. The Bertz CT molecular complexity index is 823. The van der Waals surface area contributed by atoms with Gasteiger partial charge in [-0.15, -0.1) is 0 Å². The molecule has 2 rings (SSSR count). The molecule has 2 aromatic rings. The summed E-state index contributed by atoms with van der Waals surface area (Å²) in [4.78, 5) is 22.2. The Morgan fingerprint density at radius 2 is 2.12 bits per heavy atom. The number of hydrazone groups is 1. The van der Waals surface area contributed by atoms with Crippen molar-refractivity contribution in [2.75, 3.05) is 7.11 Å². The lowest BCUT2D eigenvalue weighted by Crippen LogP contribution is -2.18. The lowest BCUT2D eigenvalue weighted by Gasteiger charge is -2.07. The number of methoxy groups -OCH3 is 1. The number of hydrogen-bond donors (Lipinski definition) is 2. The fourth-order valence-electron chi connectivity index (χ4n) is 1.83. The van der Waals surface area contributed by atoms with Crippen molar-refractivity contribution in [3.63, 3.8) is 0 Å². The number of nitro groups is 1. The highest BCUT2D eigenvalue weighted by atomic mass is 79.9. The van der Waals surface area contributed by atoms with Gasteiger partial charge in [0, 0.05) is 22.2 Å². The number of aromatic hydroxyl groups is 1. The number of nitrogens with one attached hydrogen (secondary N) is 1. The van der Waals surface area contributed by atoms with Crippen LogP contribution in [0.4, 0.5) is 5.69 Å². The van der Waals surface area contributed by atoms with E-state index in [0.717, 1.165) is 22.8 Å². The first-order valence-corrected chi connectivity index (χ1v) is 7.36. The molecule has 0 aromatic heterocycles. The Hall–Kier alpha value is -2.94. The van der Waals surface area contributed by atoms with Gasteiger partial charge in [0.05, 0.1) is 23.8 Å². The van der Waals surface area contributed by atoms with E-state index in [1.807, 2.05) is 0 Å². The molecule has 24 heavy (non-hydrogen) atoms. The molecule has 124 valence electrons. The zero-order valence-electron chi connectivity index (χ0n) is 12.4. The maximum absolute atomic E-state index is 12.1. The number of carbonyl (C=O) groups is 1. The van der Waals surface area contributed by atoms with Crippen LogP contribution < -0.4 is 10.2 Å². The number of non-ortho nitro benzene ring substituents is 1. The zero-order valence-corrected chi connectivity index (χ0v) is 14.0. The van der Waals surface area contributed by atoms with E-state index in [1.165, 1.54) is 13.2 Å². The van der Waals surface area contributed by atoms with E-state index in [1.54, 1.807) is 18.2 Å². The number of amides is 1. The average molecular weight is 394 g/mol. The van der Waals surface area contributed by atoms with Crippen LogP contribution in [0.3, 0.4) is 0 Å². The first kappa shape index (κ1) is 17.4. The summed E-state index contributed by atoms with van der Waals surface area (Å²) in [5.74, 6) is -0.365. The second-order valence-corrected chi connectivity index (χ2v) is 5.46. The van der Waals surface area contributed by atoms with Crippen LogP contribution in [0.2, 0.25) is 0 Å². The molecule has 2 N–H and O–H groups in total. The van der Waals surface area contributed by atoms with Gasteiger partial charge in [0.25, 0.3) is 11.6 Å². The summed E-state index contributed by atoms with van der Waals surface area (Å²) in [6.07, 6.45) is 1.12. The highest BCUT2D eigenvalue weighted by Gasteiger charge is 2.12. The Morgan fingerprint density at radius 1 is 1.38 bits per heavy atom. The topological polar surface area (TPSA) is 114 Å². The van der Waals surface area contributed by atoms with Gasteiger partial charge in [-0.3, -0.25) is 14.9 Å². The molecule has 9 heteroatoms. The third kappa shape index (κ3) is 4.07. The lowest BCUT2D eigenvalue weighted by atomic mass is 10.2. The number of carbonyl (C=O) groups excluding carboxylic acids is 1. The molecule has 0 spiro atoms. The SMILES string of the molecule is COc1cc(Br)ccc1C(=O)N/N=C\c1cc([N+](=O)[O-])ccc1O. The molecule has 0 heterocycles. The third-order valence-electron chi connectivity index (χ3n) is 3.00. The molecular weight excluding hydrogens is 382 g/mol. The molecule has 8 nitrogen and oxygen atoms in total. The van der Waals surface area contributed by atoms with Crippen LogP contribution in [-0.2, 0) is 0 Å². The first-order valence-electron chi connectivity index (χ1n) is 6.56. The largest absolute Gasteiger partial charge is 0.507 e. The van der Waals surface area contributed by atoms with Crippen molar-refractivity contribution >= 4 is 33.7 Å². The van der Waals surface area contributed by atoms with Crippen LogP contribution >= 0.6 is 15.9 Å². The summed E-state index contributed by atoms with van der Waals surface area (Å²) in [5.41, 5.74) is 2.44. The Morgan fingerprint density at radius 3 is 2.79 bits per heavy atom. The summed E-state index contributed by atoms with van der Waals surface area (Å²) in [6.45, 7) is 0. The van der Waals surface area contributed by atoms with Gasteiger partial charge in [0.1, 0.15) is 11.5 Å². The molecule has 0 aliphatic rings. The molecule has 0 bridgehead atoms. The van der Waals surface area contributed by atoms with Crippen molar-refractivity contribution in [1.29, 1.82) is 0 Å². The van der Waals surface area contributed by atoms with Gasteiger partial charge in [-0.05, 0) is 24.3 Å². The fourth-order valence-corrected chi connectivity index (χ4v) is 2.17. The van der Waals surface area contributed by atoms with Crippen molar-refractivity contribution in [2.24, 2.45) is 5.10 Å². The van der Waals surface area contributed by atoms with Crippen LogP contribution in [0.25, 0.3) is 0 Å². The monoisotopic (exact) mass is 393 g/mol. The van der Waals surface area contributed by atoms with E-state index in [4.69, 9.17) is 4.74 Å². The minimum atomic E-state index is -0.595. The summed E-state index contributed by atoms with van der Waals surface area (Å²) >= 11 is 3.27. The van der Waals surface area contributed by atoms with Gasteiger partial charge in [-0.25, -0.2) is 5.43 Å². The molecule has 0 radical (unpaired) electrons.